The molecule has 7 nitrogen and oxygen atoms in total. The highest BCUT2D eigenvalue weighted by Gasteiger charge is 2.11. The predicted octanol–water partition coefficient (Wildman–Crippen LogP) is 4.79. The maximum Gasteiger partial charge on any atom is 0.271 e. The second kappa shape index (κ2) is 9.56. The van der Waals surface area contributed by atoms with E-state index >= 15 is 0 Å². The number of hydrogen-bond donors (Lipinski definition) is 0. The summed E-state index contributed by atoms with van der Waals surface area (Å²) in [5.74, 6) is 2.29. The molecule has 2 aromatic carbocycles. The van der Waals surface area contributed by atoms with Crippen molar-refractivity contribution in [1.82, 2.24) is 0 Å². The predicted molar refractivity (Wildman–Crippen MR) is 105 cm³/mol. The van der Waals surface area contributed by atoms with Gasteiger partial charge in [0.1, 0.15) is 11.4 Å². The Labute approximate surface area is 158 Å². The molecule has 0 aliphatic carbocycles. The van der Waals surface area contributed by atoms with Crippen molar-refractivity contribution < 1.29 is 19.1 Å². The molecule has 7 heteroatoms. The van der Waals surface area contributed by atoms with Gasteiger partial charge in [0, 0.05) is 18.3 Å². The third kappa shape index (κ3) is 5.70. The van der Waals surface area contributed by atoms with E-state index in [0.29, 0.717) is 35.5 Å². The molecular weight excluding hydrogens is 348 g/mol. The third-order valence-electron chi connectivity index (χ3n) is 3.87. The van der Waals surface area contributed by atoms with E-state index in [4.69, 9.17) is 14.2 Å². The summed E-state index contributed by atoms with van der Waals surface area (Å²) in [6, 6.07) is 9.75. The number of ether oxygens (including phenoxy) is 3. The van der Waals surface area contributed by atoms with E-state index in [-0.39, 0.29) is 5.69 Å². The number of rotatable bonds is 9. The highest BCUT2D eigenvalue weighted by molar-refractivity contribution is 5.84. The van der Waals surface area contributed by atoms with Crippen molar-refractivity contribution in [2.24, 2.45) is 10.9 Å². The molecule has 2 aromatic rings. The Kier molecular flexibility index (Phi) is 7.16. The zero-order valence-corrected chi connectivity index (χ0v) is 16.0. The van der Waals surface area contributed by atoms with Gasteiger partial charge >= 0.3 is 0 Å². The number of non-ortho nitro benzene ring substituents is 1. The molecule has 2 rings (SSSR count). The number of nitro groups is 1. The van der Waals surface area contributed by atoms with Crippen molar-refractivity contribution in [2.75, 3.05) is 20.8 Å². The van der Waals surface area contributed by atoms with Crippen molar-refractivity contribution in [3.05, 3.63) is 52.1 Å². The summed E-state index contributed by atoms with van der Waals surface area (Å²) in [4.78, 5) is 14.8. The van der Waals surface area contributed by atoms with Gasteiger partial charge in [-0.1, -0.05) is 13.8 Å². The van der Waals surface area contributed by atoms with Crippen molar-refractivity contribution >= 4 is 17.6 Å². The number of nitrogens with zero attached hydrogens (tertiary/aromatic N) is 2. The fraction of sp³-hybridized carbons (Fsp3) is 0.350. The Morgan fingerprint density at radius 1 is 1.07 bits per heavy atom. The van der Waals surface area contributed by atoms with Crippen LogP contribution in [0.25, 0.3) is 0 Å². The summed E-state index contributed by atoms with van der Waals surface area (Å²) in [5, 5.41) is 11.0. The number of hydrogen-bond acceptors (Lipinski definition) is 6. The van der Waals surface area contributed by atoms with Gasteiger partial charge in [0.2, 0.25) is 0 Å². The van der Waals surface area contributed by atoms with Gasteiger partial charge in [0.25, 0.3) is 5.69 Å². The SMILES string of the molecule is COc1ccc([N+](=O)[O-])cc1N=Cc1ccc(OCCC(C)C)c(OC)c1. The van der Waals surface area contributed by atoms with Crippen molar-refractivity contribution in [1.29, 1.82) is 0 Å². The summed E-state index contributed by atoms with van der Waals surface area (Å²) in [6.45, 7) is 4.90. The summed E-state index contributed by atoms with van der Waals surface area (Å²) in [5.41, 5.74) is 1.11. The van der Waals surface area contributed by atoms with Crippen LogP contribution in [0.5, 0.6) is 17.2 Å². The molecule has 0 N–H and O–H groups in total. The molecule has 0 unspecified atom stereocenters. The molecule has 0 atom stereocenters. The topological polar surface area (TPSA) is 83.2 Å². The van der Waals surface area contributed by atoms with E-state index in [1.807, 2.05) is 12.1 Å². The van der Waals surface area contributed by atoms with Crippen molar-refractivity contribution in [3.8, 4) is 17.2 Å². The lowest BCUT2D eigenvalue weighted by atomic mass is 10.1. The summed E-state index contributed by atoms with van der Waals surface area (Å²) < 4.78 is 16.4. The number of nitro benzene ring substituents is 1. The lowest BCUT2D eigenvalue weighted by molar-refractivity contribution is -0.384. The second-order valence-electron chi connectivity index (χ2n) is 6.31. The smallest absolute Gasteiger partial charge is 0.271 e. The molecule has 0 radical (unpaired) electrons. The van der Waals surface area contributed by atoms with Gasteiger partial charge in [-0.3, -0.25) is 15.1 Å². The van der Waals surface area contributed by atoms with E-state index < -0.39 is 4.92 Å². The fourth-order valence-electron chi connectivity index (χ4n) is 2.33. The maximum absolute atomic E-state index is 11.0. The van der Waals surface area contributed by atoms with Crippen LogP contribution in [0.1, 0.15) is 25.8 Å². The first-order chi connectivity index (χ1) is 12.9. The first-order valence-corrected chi connectivity index (χ1v) is 8.62. The van der Waals surface area contributed by atoms with Crippen LogP contribution in [-0.2, 0) is 0 Å². The monoisotopic (exact) mass is 372 g/mol. The molecule has 0 spiro atoms. The second-order valence-corrected chi connectivity index (χ2v) is 6.31. The molecule has 0 amide bonds. The quantitative estimate of drug-likeness (QED) is 0.359. The van der Waals surface area contributed by atoms with Crippen LogP contribution in [0.2, 0.25) is 0 Å². The lowest BCUT2D eigenvalue weighted by Gasteiger charge is -2.12. The highest BCUT2D eigenvalue weighted by atomic mass is 16.6. The summed E-state index contributed by atoms with van der Waals surface area (Å²) in [7, 11) is 3.07. The molecule has 0 fully saturated rings. The normalized spacial score (nSPS) is 11.0. The molecule has 0 aromatic heterocycles. The van der Waals surface area contributed by atoms with Crippen LogP contribution in [0.15, 0.2) is 41.4 Å². The van der Waals surface area contributed by atoms with Crippen LogP contribution in [0.3, 0.4) is 0 Å². The lowest BCUT2D eigenvalue weighted by Crippen LogP contribution is -2.03. The summed E-state index contributed by atoms with van der Waals surface area (Å²) >= 11 is 0. The van der Waals surface area contributed by atoms with Crippen LogP contribution >= 0.6 is 0 Å². The van der Waals surface area contributed by atoms with Gasteiger partial charge in [-0.2, -0.15) is 0 Å². The standard InChI is InChI=1S/C20H24N2O5/c1-14(2)9-10-27-19-7-5-15(11-20(19)26-4)13-21-17-12-16(22(23)24)6-8-18(17)25-3/h5-8,11-14H,9-10H2,1-4H3. The molecule has 0 heterocycles. The number of aliphatic imine (C=N–C) groups is 1. The Morgan fingerprint density at radius 3 is 2.41 bits per heavy atom. The first kappa shape index (κ1) is 20.2. The molecular formula is C20H24N2O5. The van der Waals surface area contributed by atoms with Gasteiger partial charge < -0.3 is 14.2 Å². The molecule has 0 aliphatic heterocycles. The minimum atomic E-state index is -0.467. The van der Waals surface area contributed by atoms with Crippen molar-refractivity contribution in [3.63, 3.8) is 0 Å². The largest absolute Gasteiger partial charge is 0.494 e. The molecule has 27 heavy (non-hydrogen) atoms. The van der Waals surface area contributed by atoms with Crippen molar-refractivity contribution in [2.45, 2.75) is 20.3 Å². The molecule has 144 valence electrons. The maximum atomic E-state index is 11.0. The number of benzene rings is 2. The van der Waals surface area contributed by atoms with Crippen LogP contribution in [0.4, 0.5) is 11.4 Å². The molecule has 0 bridgehead atoms. The average Bonchev–Trinajstić information content (AvgIpc) is 2.66. The Morgan fingerprint density at radius 2 is 1.78 bits per heavy atom. The average molecular weight is 372 g/mol. The van der Waals surface area contributed by atoms with E-state index in [0.717, 1.165) is 12.0 Å². The minimum absolute atomic E-state index is 0.0468. The minimum Gasteiger partial charge on any atom is -0.494 e. The van der Waals surface area contributed by atoms with Crippen LogP contribution in [-0.4, -0.2) is 32.0 Å². The molecule has 0 saturated carbocycles. The van der Waals surface area contributed by atoms with Gasteiger partial charge in [-0.15, -0.1) is 0 Å². The highest BCUT2D eigenvalue weighted by Crippen LogP contribution is 2.32. The van der Waals surface area contributed by atoms with Crippen LogP contribution in [0, 0.1) is 16.0 Å². The molecule has 0 aliphatic rings. The zero-order valence-electron chi connectivity index (χ0n) is 16.0. The van der Waals surface area contributed by atoms with Gasteiger partial charge in [-0.25, -0.2) is 0 Å². The van der Waals surface area contributed by atoms with Crippen LogP contribution < -0.4 is 14.2 Å². The fourth-order valence-corrected chi connectivity index (χ4v) is 2.33. The molecule has 0 saturated heterocycles. The Bertz CT molecular complexity index is 818. The van der Waals surface area contributed by atoms with Gasteiger partial charge in [-0.05, 0) is 42.2 Å². The van der Waals surface area contributed by atoms with E-state index in [9.17, 15) is 10.1 Å². The Balaban J connectivity index is 2.21. The zero-order chi connectivity index (χ0) is 19.8. The summed E-state index contributed by atoms with van der Waals surface area (Å²) in [6.07, 6.45) is 2.56. The van der Waals surface area contributed by atoms with Gasteiger partial charge in [0.05, 0.1) is 25.7 Å². The Hall–Kier alpha value is -3.09. The number of methoxy groups -OCH3 is 2. The van der Waals surface area contributed by atoms with E-state index in [2.05, 4.69) is 18.8 Å². The first-order valence-electron chi connectivity index (χ1n) is 8.62. The van der Waals surface area contributed by atoms with Gasteiger partial charge in [0.15, 0.2) is 11.5 Å². The van der Waals surface area contributed by atoms with E-state index in [1.54, 1.807) is 19.4 Å². The third-order valence-corrected chi connectivity index (χ3v) is 3.87. The van der Waals surface area contributed by atoms with E-state index in [1.165, 1.54) is 25.3 Å².